The van der Waals surface area contributed by atoms with Crippen LogP contribution in [0.3, 0.4) is 0 Å². The van der Waals surface area contributed by atoms with E-state index in [-0.39, 0.29) is 18.4 Å². The lowest BCUT2D eigenvalue weighted by Crippen LogP contribution is -2.42. The van der Waals surface area contributed by atoms with Crippen molar-refractivity contribution in [1.29, 1.82) is 5.26 Å². The van der Waals surface area contributed by atoms with Crippen LogP contribution in [0.15, 0.2) is 30.5 Å². The summed E-state index contributed by atoms with van der Waals surface area (Å²) in [4.78, 5) is 33.7. The maximum atomic E-state index is 12.9. The van der Waals surface area contributed by atoms with Gasteiger partial charge in [-0.25, -0.2) is 0 Å². The molecule has 154 valence electrons. The molecule has 2 amide bonds. The largest absolute Gasteiger partial charge is 0.368 e. The number of amides is 2. The Kier molecular flexibility index (Phi) is 4.99. The second-order valence-corrected chi connectivity index (χ2v) is 9.24. The van der Waals surface area contributed by atoms with Crippen LogP contribution in [0.4, 0.5) is 5.69 Å². The maximum Gasteiger partial charge on any atom is 0.252 e. The lowest BCUT2D eigenvalue weighted by molar-refractivity contribution is -0.129. The van der Waals surface area contributed by atoms with Crippen molar-refractivity contribution in [2.45, 2.75) is 31.3 Å². The van der Waals surface area contributed by atoms with Gasteiger partial charge in [0.2, 0.25) is 5.91 Å². The van der Waals surface area contributed by atoms with Crippen molar-refractivity contribution in [1.82, 2.24) is 15.2 Å². The Morgan fingerprint density at radius 3 is 2.97 bits per heavy atom. The fraction of sp³-hybridized carbons (Fsp3) is 0.455. The molecule has 30 heavy (non-hydrogen) atoms. The van der Waals surface area contributed by atoms with Gasteiger partial charge in [0, 0.05) is 35.6 Å². The van der Waals surface area contributed by atoms with Gasteiger partial charge < -0.3 is 15.1 Å². The van der Waals surface area contributed by atoms with E-state index in [1.54, 1.807) is 24.0 Å². The number of carbonyl (C=O) groups excluding carboxylic acids is 2. The SMILES string of the molecule is N#C[C@@H]1CSCN1C(=O)CNC(=O)c1ccnc2ccc(N3C[C@H]4CC[C@@H]3C4)cc12. The Labute approximate surface area is 179 Å². The minimum Gasteiger partial charge on any atom is -0.368 e. The fourth-order valence-electron chi connectivity index (χ4n) is 4.90. The van der Waals surface area contributed by atoms with Crippen molar-refractivity contribution in [3.8, 4) is 6.07 Å². The molecule has 1 N–H and O–H groups in total. The van der Waals surface area contributed by atoms with E-state index in [1.807, 2.05) is 6.07 Å². The van der Waals surface area contributed by atoms with Crippen LogP contribution < -0.4 is 10.2 Å². The van der Waals surface area contributed by atoms with Gasteiger partial charge in [0.1, 0.15) is 6.04 Å². The number of piperidine rings is 1. The molecule has 5 rings (SSSR count). The first kappa shape index (κ1) is 19.2. The maximum absolute atomic E-state index is 12.9. The monoisotopic (exact) mass is 421 g/mol. The molecule has 1 aliphatic carbocycles. The molecule has 7 nitrogen and oxygen atoms in total. The molecule has 0 radical (unpaired) electrons. The zero-order valence-corrected chi connectivity index (χ0v) is 17.4. The van der Waals surface area contributed by atoms with Crippen LogP contribution in [0.1, 0.15) is 29.6 Å². The second kappa shape index (κ2) is 7.80. The quantitative estimate of drug-likeness (QED) is 0.815. The van der Waals surface area contributed by atoms with Gasteiger partial charge in [0.25, 0.3) is 5.91 Å². The topological polar surface area (TPSA) is 89.3 Å². The van der Waals surface area contributed by atoms with Crippen molar-refractivity contribution in [3.63, 3.8) is 0 Å². The number of thioether (sulfide) groups is 1. The summed E-state index contributed by atoms with van der Waals surface area (Å²) >= 11 is 1.55. The van der Waals surface area contributed by atoms with Gasteiger partial charge in [0.05, 0.1) is 29.6 Å². The van der Waals surface area contributed by atoms with E-state index in [4.69, 9.17) is 5.26 Å². The fourth-order valence-corrected chi connectivity index (χ4v) is 6.00. The zero-order chi connectivity index (χ0) is 20.7. The highest BCUT2D eigenvalue weighted by Gasteiger charge is 2.37. The van der Waals surface area contributed by atoms with Crippen LogP contribution in [0.5, 0.6) is 0 Å². The number of aromatic nitrogens is 1. The predicted octanol–water partition coefficient (Wildman–Crippen LogP) is 2.38. The normalized spacial score (nSPS) is 25.0. The smallest absolute Gasteiger partial charge is 0.252 e. The number of fused-ring (bicyclic) bond motifs is 3. The molecule has 2 bridgehead atoms. The molecule has 3 atom stereocenters. The number of anilines is 1. The molecule has 1 saturated carbocycles. The van der Waals surface area contributed by atoms with Crippen LogP contribution in [-0.4, -0.2) is 58.5 Å². The van der Waals surface area contributed by atoms with E-state index in [1.165, 1.54) is 24.2 Å². The summed E-state index contributed by atoms with van der Waals surface area (Å²) < 4.78 is 0. The molecule has 3 aliphatic rings. The van der Waals surface area contributed by atoms with E-state index < -0.39 is 6.04 Å². The third-order valence-electron chi connectivity index (χ3n) is 6.46. The third kappa shape index (κ3) is 3.37. The molecule has 0 spiro atoms. The Bertz CT molecular complexity index is 1050. The molecular weight excluding hydrogens is 398 g/mol. The first-order chi connectivity index (χ1) is 14.6. The van der Waals surface area contributed by atoms with Gasteiger partial charge >= 0.3 is 0 Å². The van der Waals surface area contributed by atoms with E-state index in [0.29, 0.717) is 23.2 Å². The minimum atomic E-state index is -0.417. The number of rotatable bonds is 4. The van der Waals surface area contributed by atoms with Gasteiger partial charge in [-0.05, 0) is 49.4 Å². The number of nitrogens with zero attached hydrogens (tertiary/aromatic N) is 4. The number of carbonyl (C=O) groups is 2. The zero-order valence-electron chi connectivity index (χ0n) is 16.6. The van der Waals surface area contributed by atoms with Gasteiger partial charge in [-0.15, -0.1) is 11.8 Å². The molecule has 3 heterocycles. The Morgan fingerprint density at radius 2 is 2.20 bits per heavy atom. The van der Waals surface area contributed by atoms with E-state index in [9.17, 15) is 9.59 Å². The molecule has 1 aromatic heterocycles. The van der Waals surface area contributed by atoms with Crippen molar-refractivity contribution in [2.75, 3.05) is 29.6 Å². The summed E-state index contributed by atoms with van der Waals surface area (Å²) in [5, 5.41) is 12.7. The van der Waals surface area contributed by atoms with Crippen LogP contribution in [0.25, 0.3) is 10.9 Å². The van der Waals surface area contributed by atoms with Gasteiger partial charge in [-0.1, -0.05) is 0 Å². The number of pyridine rings is 1. The van der Waals surface area contributed by atoms with Gasteiger partial charge in [0.15, 0.2) is 0 Å². The van der Waals surface area contributed by atoms with Crippen molar-refractivity contribution >= 4 is 40.2 Å². The highest BCUT2D eigenvalue weighted by atomic mass is 32.2. The number of benzene rings is 1. The van der Waals surface area contributed by atoms with Crippen LogP contribution in [0, 0.1) is 17.2 Å². The first-order valence-electron chi connectivity index (χ1n) is 10.3. The lowest BCUT2D eigenvalue weighted by Gasteiger charge is -2.29. The van der Waals surface area contributed by atoms with E-state index >= 15 is 0 Å². The van der Waals surface area contributed by atoms with Crippen LogP contribution in [-0.2, 0) is 4.79 Å². The average molecular weight is 422 g/mol. The van der Waals surface area contributed by atoms with E-state index in [2.05, 4.69) is 33.4 Å². The molecule has 8 heteroatoms. The highest BCUT2D eigenvalue weighted by molar-refractivity contribution is 7.99. The van der Waals surface area contributed by atoms with Crippen LogP contribution in [0.2, 0.25) is 0 Å². The molecule has 2 aliphatic heterocycles. The van der Waals surface area contributed by atoms with Crippen molar-refractivity contribution < 1.29 is 9.59 Å². The Morgan fingerprint density at radius 1 is 1.30 bits per heavy atom. The number of hydrogen-bond acceptors (Lipinski definition) is 6. The summed E-state index contributed by atoms with van der Waals surface area (Å²) in [7, 11) is 0. The van der Waals surface area contributed by atoms with Gasteiger partial charge in [-0.2, -0.15) is 5.26 Å². The molecule has 0 unspecified atom stereocenters. The molecule has 3 fully saturated rings. The van der Waals surface area contributed by atoms with Crippen molar-refractivity contribution in [2.24, 2.45) is 5.92 Å². The summed E-state index contributed by atoms with van der Waals surface area (Å²) in [6.07, 6.45) is 5.45. The van der Waals surface area contributed by atoms with Crippen molar-refractivity contribution in [3.05, 3.63) is 36.0 Å². The standard InChI is InChI=1S/C22H23N5O2S/c23-9-17-12-30-13-27(17)21(28)10-25-22(29)18-5-6-24-20-4-3-16(8-19(18)20)26-11-14-1-2-15(26)7-14/h3-6,8,14-15,17H,1-2,7,10-13H2,(H,25,29)/t14-,15+,17+/m0/s1. The second-order valence-electron chi connectivity index (χ2n) is 8.24. The molecule has 2 saturated heterocycles. The molecular formula is C22H23N5O2S. The van der Waals surface area contributed by atoms with Gasteiger partial charge in [-0.3, -0.25) is 14.6 Å². The summed E-state index contributed by atoms with van der Waals surface area (Å²) in [5.74, 6) is 1.37. The lowest BCUT2D eigenvalue weighted by atomic mass is 10.1. The van der Waals surface area contributed by atoms with Crippen LogP contribution >= 0.6 is 11.8 Å². The Hall–Kier alpha value is -2.79. The number of nitriles is 1. The summed E-state index contributed by atoms with van der Waals surface area (Å²) in [5.41, 5.74) is 2.42. The molecule has 1 aromatic carbocycles. The predicted molar refractivity (Wildman–Crippen MR) is 116 cm³/mol. The number of nitrogens with one attached hydrogen (secondary N) is 1. The molecule has 2 aromatic rings. The summed E-state index contributed by atoms with van der Waals surface area (Å²) in [6, 6.07) is 10.1. The summed E-state index contributed by atoms with van der Waals surface area (Å²) in [6.45, 7) is 0.970. The number of hydrogen-bond donors (Lipinski definition) is 1. The van der Waals surface area contributed by atoms with E-state index in [0.717, 1.165) is 29.1 Å². The Balaban J connectivity index is 1.34. The first-order valence-corrected chi connectivity index (χ1v) is 11.5. The third-order valence-corrected chi connectivity index (χ3v) is 7.47. The average Bonchev–Trinajstić information content (AvgIpc) is 3.53. The highest BCUT2D eigenvalue weighted by Crippen LogP contribution is 2.40. The minimum absolute atomic E-state index is 0.114.